The Bertz CT molecular complexity index is 1240. The van der Waals surface area contributed by atoms with Crippen molar-refractivity contribution in [2.45, 2.75) is 18.1 Å². The molecule has 1 saturated heterocycles. The third-order valence-corrected chi connectivity index (χ3v) is 7.04. The number of hydrogen-bond acceptors (Lipinski definition) is 5. The zero-order chi connectivity index (χ0) is 24.8. The number of aliphatic imine (C=N–C) groups is 1. The van der Waals surface area contributed by atoms with E-state index in [1.807, 2.05) is 36.4 Å². The number of hydrogen-bond donors (Lipinski definition) is 1. The van der Waals surface area contributed by atoms with E-state index in [1.54, 1.807) is 36.3 Å². The molecule has 1 atom stereocenters. The number of rotatable bonds is 7. The van der Waals surface area contributed by atoms with Crippen LogP contribution >= 0.6 is 27.7 Å². The van der Waals surface area contributed by atoms with Gasteiger partial charge in [-0.2, -0.15) is 0 Å². The average molecular weight is 556 g/mol. The number of anilines is 1. The van der Waals surface area contributed by atoms with Gasteiger partial charge in [0.25, 0.3) is 0 Å². The lowest BCUT2D eigenvalue weighted by Crippen LogP contribution is -2.46. The number of nitrogens with one attached hydrogen (secondary N) is 1. The Kier molecular flexibility index (Phi) is 8.20. The minimum Gasteiger partial charge on any atom is -0.497 e. The number of thioether (sulfide) groups is 1. The number of amidine groups is 1. The minimum atomic E-state index is -0.641. The maximum atomic E-state index is 13.4. The van der Waals surface area contributed by atoms with Gasteiger partial charge in [0.15, 0.2) is 5.17 Å². The molecule has 35 heavy (non-hydrogen) atoms. The lowest BCUT2D eigenvalue weighted by Gasteiger charge is -2.32. The summed E-state index contributed by atoms with van der Waals surface area (Å²) in [5.41, 5.74) is 2.18. The topological polar surface area (TPSA) is 71.0 Å². The molecule has 1 aliphatic rings. The molecule has 1 N–H and O–H groups in total. The van der Waals surface area contributed by atoms with Crippen molar-refractivity contribution in [1.29, 1.82) is 0 Å². The van der Waals surface area contributed by atoms with Crippen LogP contribution in [-0.4, -0.2) is 40.8 Å². The highest BCUT2D eigenvalue weighted by Gasteiger charge is 2.35. The maximum Gasteiger partial charge on any atom is 0.238 e. The van der Waals surface area contributed by atoms with Gasteiger partial charge < -0.3 is 10.1 Å². The summed E-state index contributed by atoms with van der Waals surface area (Å²) in [5.74, 6) is -0.0734. The van der Waals surface area contributed by atoms with Gasteiger partial charge in [-0.05, 0) is 66.6 Å². The van der Waals surface area contributed by atoms with Gasteiger partial charge in [0.1, 0.15) is 16.8 Å². The van der Waals surface area contributed by atoms with Crippen molar-refractivity contribution in [3.05, 3.63) is 88.6 Å². The average Bonchev–Trinajstić information content (AvgIpc) is 2.85. The third kappa shape index (κ3) is 6.70. The number of halogens is 2. The van der Waals surface area contributed by atoms with Crippen molar-refractivity contribution < 1.29 is 18.7 Å². The molecule has 0 spiro atoms. The second-order valence-electron chi connectivity index (χ2n) is 7.82. The number of methoxy groups -OCH3 is 1. The van der Waals surface area contributed by atoms with Crippen LogP contribution in [-0.2, 0) is 16.0 Å². The van der Waals surface area contributed by atoms with Crippen LogP contribution in [0, 0.1) is 5.82 Å². The van der Waals surface area contributed by atoms with Crippen molar-refractivity contribution in [2.24, 2.45) is 4.99 Å². The molecule has 3 aromatic rings. The van der Waals surface area contributed by atoms with Gasteiger partial charge in [-0.25, -0.2) is 9.38 Å². The van der Waals surface area contributed by atoms with E-state index < -0.39 is 5.25 Å². The lowest BCUT2D eigenvalue weighted by molar-refractivity contribution is -0.129. The molecule has 4 rings (SSSR count). The van der Waals surface area contributed by atoms with Gasteiger partial charge >= 0.3 is 0 Å². The third-order valence-electron chi connectivity index (χ3n) is 5.36. The highest BCUT2D eigenvalue weighted by molar-refractivity contribution is 9.10. The molecule has 2 amide bonds. The number of carbonyl (C=O) groups is 2. The second kappa shape index (κ2) is 11.5. The van der Waals surface area contributed by atoms with Crippen LogP contribution in [0.1, 0.15) is 12.0 Å². The molecule has 0 aromatic heterocycles. The summed E-state index contributed by atoms with van der Waals surface area (Å²) in [6, 6.07) is 20.6. The highest BCUT2D eigenvalue weighted by Crippen LogP contribution is 2.30. The smallest absolute Gasteiger partial charge is 0.238 e. The van der Waals surface area contributed by atoms with Crippen LogP contribution < -0.4 is 10.1 Å². The number of amides is 2. The number of ether oxygens (including phenoxy) is 1. The van der Waals surface area contributed by atoms with E-state index in [0.29, 0.717) is 29.5 Å². The molecule has 1 aliphatic heterocycles. The molecule has 0 aliphatic carbocycles. The zero-order valence-electron chi connectivity index (χ0n) is 18.9. The van der Waals surface area contributed by atoms with Crippen LogP contribution in [0.3, 0.4) is 0 Å². The molecule has 180 valence electrons. The summed E-state index contributed by atoms with van der Waals surface area (Å²) < 4.78 is 19.4. The summed E-state index contributed by atoms with van der Waals surface area (Å²) in [7, 11) is 1.61. The first-order valence-corrected chi connectivity index (χ1v) is 12.6. The van der Waals surface area contributed by atoms with Crippen LogP contribution in [0.2, 0.25) is 0 Å². The molecule has 0 bridgehead atoms. The molecular formula is C26H23BrFN3O3S. The van der Waals surface area contributed by atoms with Crippen LogP contribution in [0.15, 0.2) is 82.3 Å². The SMILES string of the molecule is COc1ccc(CCN2C(=O)CC(C(=O)Nc3cccc(Br)c3)SC2=Nc2ccc(F)cc2)cc1. The van der Waals surface area contributed by atoms with Crippen molar-refractivity contribution >= 4 is 56.0 Å². The van der Waals surface area contributed by atoms with E-state index in [4.69, 9.17) is 4.74 Å². The standard InChI is InChI=1S/C26H23BrFN3O3S/c1-34-22-11-5-17(6-12-22)13-14-31-24(32)16-23(25(33)29-21-4-2-3-18(27)15-21)35-26(31)30-20-9-7-19(28)8-10-20/h2-12,15,23H,13-14,16H2,1H3,(H,29,33). The fourth-order valence-electron chi connectivity index (χ4n) is 3.51. The maximum absolute atomic E-state index is 13.4. The Labute approximate surface area is 215 Å². The normalized spacial score (nSPS) is 16.9. The molecular weight excluding hydrogens is 533 g/mol. The van der Waals surface area contributed by atoms with Crippen LogP contribution in [0.25, 0.3) is 0 Å². The molecule has 3 aromatic carbocycles. The highest BCUT2D eigenvalue weighted by atomic mass is 79.9. The largest absolute Gasteiger partial charge is 0.497 e. The Morgan fingerprint density at radius 3 is 2.60 bits per heavy atom. The first-order valence-electron chi connectivity index (χ1n) is 10.9. The Morgan fingerprint density at radius 2 is 1.91 bits per heavy atom. The quantitative estimate of drug-likeness (QED) is 0.400. The fourth-order valence-corrected chi connectivity index (χ4v) is 5.03. The van der Waals surface area contributed by atoms with Crippen molar-refractivity contribution in [3.8, 4) is 5.75 Å². The molecule has 1 unspecified atom stereocenters. The summed E-state index contributed by atoms with van der Waals surface area (Å²) in [4.78, 5) is 32.3. The summed E-state index contributed by atoms with van der Waals surface area (Å²) in [5, 5.41) is 2.64. The Hall–Kier alpha value is -3.17. The Morgan fingerprint density at radius 1 is 1.17 bits per heavy atom. The van der Waals surface area contributed by atoms with Gasteiger partial charge in [0.2, 0.25) is 11.8 Å². The Balaban J connectivity index is 1.54. The van der Waals surface area contributed by atoms with Crippen molar-refractivity contribution in [2.75, 3.05) is 19.0 Å². The molecule has 1 heterocycles. The van der Waals surface area contributed by atoms with Crippen molar-refractivity contribution in [1.82, 2.24) is 4.90 Å². The van der Waals surface area contributed by atoms with Gasteiger partial charge in [-0.1, -0.05) is 45.9 Å². The number of benzene rings is 3. The predicted octanol–water partition coefficient (Wildman–Crippen LogP) is 5.80. The number of carbonyl (C=O) groups excluding carboxylic acids is 2. The first-order chi connectivity index (χ1) is 16.9. The monoisotopic (exact) mass is 555 g/mol. The van der Waals surface area contributed by atoms with Gasteiger partial charge in [0.05, 0.1) is 12.8 Å². The van der Waals surface area contributed by atoms with Gasteiger partial charge in [-0.3, -0.25) is 14.5 Å². The van der Waals surface area contributed by atoms with E-state index in [9.17, 15) is 14.0 Å². The lowest BCUT2D eigenvalue weighted by atomic mass is 10.1. The van der Waals surface area contributed by atoms with Crippen LogP contribution in [0.5, 0.6) is 5.75 Å². The summed E-state index contributed by atoms with van der Waals surface area (Å²) in [6.07, 6.45) is 0.656. The molecule has 9 heteroatoms. The van der Waals surface area contributed by atoms with E-state index in [1.165, 1.54) is 23.9 Å². The summed E-state index contributed by atoms with van der Waals surface area (Å²) >= 11 is 4.62. The molecule has 0 saturated carbocycles. The van der Waals surface area contributed by atoms with Gasteiger partial charge in [0, 0.05) is 23.1 Å². The van der Waals surface area contributed by atoms with Crippen LogP contribution in [0.4, 0.5) is 15.8 Å². The second-order valence-corrected chi connectivity index (χ2v) is 9.91. The zero-order valence-corrected chi connectivity index (χ0v) is 21.3. The predicted molar refractivity (Wildman–Crippen MR) is 141 cm³/mol. The van der Waals surface area contributed by atoms with Crippen molar-refractivity contribution in [3.63, 3.8) is 0 Å². The van der Waals surface area contributed by atoms with E-state index in [0.717, 1.165) is 15.8 Å². The molecule has 1 fully saturated rings. The minimum absolute atomic E-state index is 0.0511. The van der Waals surface area contributed by atoms with E-state index in [-0.39, 0.29) is 24.1 Å². The summed E-state index contributed by atoms with van der Waals surface area (Å²) in [6.45, 7) is 0.401. The molecule has 0 radical (unpaired) electrons. The van der Waals surface area contributed by atoms with E-state index >= 15 is 0 Å². The van der Waals surface area contributed by atoms with Gasteiger partial charge in [-0.15, -0.1) is 0 Å². The fraction of sp³-hybridized carbons (Fsp3) is 0.192. The first kappa shape index (κ1) is 24.9. The molecule has 6 nitrogen and oxygen atoms in total. The number of nitrogens with zero attached hydrogens (tertiary/aromatic N) is 2. The van der Waals surface area contributed by atoms with E-state index in [2.05, 4.69) is 26.2 Å².